The summed E-state index contributed by atoms with van der Waals surface area (Å²) >= 11 is 0. The zero-order valence-electron chi connectivity index (χ0n) is 11.5. The third-order valence-corrected chi connectivity index (χ3v) is 3.54. The first kappa shape index (κ1) is 13.4. The van der Waals surface area contributed by atoms with Gasteiger partial charge in [-0.25, -0.2) is 0 Å². The van der Waals surface area contributed by atoms with E-state index in [4.69, 9.17) is 4.74 Å². The van der Waals surface area contributed by atoms with Gasteiger partial charge in [-0.2, -0.15) is 0 Å². The number of ether oxygens (including phenoxy) is 1. The van der Waals surface area contributed by atoms with Crippen molar-refractivity contribution in [1.29, 1.82) is 0 Å². The van der Waals surface area contributed by atoms with Crippen LogP contribution in [0, 0.1) is 5.92 Å². The van der Waals surface area contributed by atoms with Gasteiger partial charge in [0.05, 0.1) is 0 Å². The Morgan fingerprint density at radius 2 is 2.06 bits per heavy atom. The second-order valence-electron chi connectivity index (χ2n) is 5.26. The van der Waals surface area contributed by atoms with E-state index in [0.717, 1.165) is 32.2 Å². The average Bonchev–Trinajstić information content (AvgIpc) is 2.88. The molecular weight excluding hydrogens is 224 g/mol. The molecule has 1 aliphatic rings. The summed E-state index contributed by atoms with van der Waals surface area (Å²) < 4.78 is 5.38. The van der Waals surface area contributed by atoms with Gasteiger partial charge in [-0.15, -0.1) is 0 Å². The molecular formula is C15H24N2O. The smallest absolute Gasteiger partial charge is 0.0495 e. The molecule has 1 aliphatic heterocycles. The summed E-state index contributed by atoms with van der Waals surface area (Å²) in [5.41, 5.74) is 2.60. The third-order valence-electron chi connectivity index (χ3n) is 3.54. The van der Waals surface area contributed by atoms with Crippen LogP contribution in [0.25, 0.3) is 0 Å². The van der Waals surface area contributed by atoms with Crippen LogP contribution >= 0.6 is 0 Å². The van der Waals surface area contributed by atoms with Crippen LogP contribution in [0.1, 0.15) is 18.4 Å². The van der Waals surface area contributed by atoms with Crippen LogP contribution in [-0.2, 0) is 11.3 Å². The van der Waals surface area contributed by atoms with E-state index in [-0.39, 0.29) is 0 Å². The highest BCUT2D eigenvalue weighted by atomic mass is 16.5. The van der Waals surface area contributed by atoms with Gasteiger partial charge in [-0.05, 0) is 43.0 Å². The number of rotatable bonds is 6. The lowest BCUT2D eigenvalue weighted by molar-refractivity contribution is 0.184. The van der Waals surface area contributed by atoms with Crippen molar-refractivity contribution in [2.24, 2.45) is 5.92 Å². The molecule has 0 spiro atoms. The van der Waals surface area contributed by atoms with Crippen molar-refractivity contribution < 1.29 is 4.74 Å². The lowest BCUT2D eigenvalue weighted by atomic mass is 10.1. The molecule has 1 aromatic carbocycles. The summed E-state index contributed by atoms with van der Waals surface area (Å²) in [5.74, 6) is 0.772. The summed E-state index contributed by atoms with van der Waals surface area (Å²) in [6, 6.07) is 8.73. The summed E-state index contributed by atoms with van der Waals surface area (Å²) in [4.78, 5) is 2.12. The van der Waals surface area contributed by atoms with Crippen molar-refractivity contribution in [1.82, 2.24) is 5.32 Å². The van der Waals surface area contributed by atoms with E-state index in [1.807, 2.05) is 0 Å². The van der Waals surface area contributed by atoms with Gasteiger partial charge in [-0.3, -0.25) is 0 Å². The predicted octanol–water partition coefficient (Wildman–Crippen LogP) is 2.27. The van der Waals surface area contributed by atoms with Crippen molar-refractivity contribution in [2.75, 3.05) is 38.8 Å². The predicted molar refractivity (Wildman–Crippen MR) is 76.0 cm³/mol. The number of nitrogens with one attached hydrogen (secondary N) is 1. The standard InChI is InChI=1S/C15H24N2O/c1-17(2)15-5-3-13(4-6-15)11-16-9-7-14-8-10-18-12-14/h3-6,14,16H,7-12H2,1-2H3. The molecule has 0 radical (unpaired) electrons. The number of hydrogen-bond donors (Lipinski definition) is 1. The first-order chi connectivity index (χ1) is 8.75. The lowest BCUT2D eigenvalue weighted by Gasteiger charge is -2.13. The highest BCUT2D eigenvalue weighted by molar-refractivity contribution is 5.45. The zero-order valence-corrected chi connectivity index (χ0v) is 11.5. The third kappa shape index (κ3) is 4.00. The molecule has 1 saturated heterocycles. The maximum absolute atomic E-state index is 5.38. The Bertz CT molecular complexity index is 342. The molecule has 1 atom stereocenters. The molecule has 1 fully saturated rings. The Morgan fingerprint density at radius 3 is 2.67 bits per heavy atom. The molecule has 1 N–H and O–H groups in total. The number of anilines is 1. The lowest BCUT2D eigenvalue weighted by Crippen LogP contribution is -2.18. The van der Waals surface area contributed by atoms with Gasteiger partial charge in [0.1, 0.15) is 0 Å². The molecule has 3 heteroatoms. The highest BCUT2D eigenvalue weighted by Gasteiger charge is 2.14. The molecule has 3 nitrogen and oxygen atoms in total. The van der Waals surface area contributed by atoms with Crippen LogP contribution in [0.4, 0.5) is 5.69 Å². The minimum Gasteiger partial charge on any atom is -0.381 e. The SMILES string of the molecule is CN(C)c1ccc(CNCCC2CCOC2)cc1. The Balaban J connectivity index is 1.66. The molecule has 2 rings (SSSR count). The van der Waals surface area contributed by atoms with Gasteiger partial charge >= 0.3 is 0 Å². The highest BCUT2D eigenvalue weighted by Crippen LogP contribution is 2.15. The molecule has 18 heavy (non-hydrogen) atoms. The second kappa shape index (κ2) is 6.76. The number of nitrogens with zero attached hydrogens (tertiary/aromatic N) is 1. The summed E-state index contributed by atoms with van der Waals surface area (Å²) in [5, 5.41) is 3.51. The average molecular weight is 248 g/mol. The van der Waals surface area contributed by atoms with Crippen molar-refractivity contribution in [3.63, 3.8) is 0 Å². The molecule has 1 aromatic rings. The summed E-state index contributed by atoms with van der Waals surface area (Å²) in [6.45, 7) is 3.96. The van der Waals surface area contributed by atoms with Crippen LogP contribution in [0.5, 0.6) is 0 Å². The Morgan fingerprint density at radius 1 is 1.28 bits per heavy atom. The topological polar surface area (TPSA) is 24.5 Å². The van der Waals surface area contributed by atoms with Crippen molar-refractivity contribution in [3.8, 4) is 0 Å². The minimum absolute atomic E-state index is 0.772. The van der Waals surface area contributed by atoms with E-state index in [1.54, 1.807) is 0 Å². The van der Waals surface area contributed by atoms with E-state index in [1.165, 1.54) is 24.1 Å². The van der Waals surface area contributed by atoms with Crippen molar-refractivity contribution in [2.45, 2.75) is 19.4 Å². The van der Waals surface area contributed by atoms with Crippen LogP contribution < -0.4 is 10.2 Å². The fourth-order valence-corrected chi connectivity index (χ4v) is 2.26. The fraction of sp³-hybridized carbons (Fsp3) is 0.600. The Hall–Kier alpha value is -1.06. The second-order valence-corrected chi connectivity index (χ2v) is 5.26. The zero-order chi connectivity index (χ0) is 12.8. The molecule has 0 saturated carbocycles. The van der Waals surface area contributed by atoms with E-state index in [0.29, 0.717) is 0 Å². The van der Waals surface area contributed by atoms with Gasteiger partial charge in [0.25, 0.3) is 0 Å². The van der Waals surface area contributed by atoms with E-state index < -0.39 is 0 Å². The van der Waals surface area contributed by atoms with E-state index in [2.05, 4.69) is 48.6 Å². The van der Waals surface area contributed by atoms with E-state index in [9.17, 15) is 0 Å². The molecule has 0 amide bonds. The quantitative estimate of drug-likeness (QED) is 0.782. The number of hydrogen-bond acceptors (Lipinski definition) is 3. The molecule has 0 aliphatic carbocycles. The van der Waals surface area contributed by atoms with Crippen molar-refractivity contribution >= 4 is 5.69 Å². The maximum atomic E-state index is 5.38. The van der Waals surface area contributed by atoms with Crippen LogP contribution in [-0.4, -0.2) is 33.9 Å². The first-order valence-electron chi connectivity index (χ1n) is 6.80. The van der Waals surface area contributed by atoms with E-state index >= 15 is 0 Å². The summed E-state index contributed by atoms with van der Waals surface area (Å²) in [6.07, 6.45) is 2.47. The fourth-order valence-electron chi connectivity index (χ4n) is 2.26. The van der Waals surface area contributed by atoms with Crippen LogP contribution in [0.2, 0.25) is 0 Å². The van der Waals surface area contributed by atoms with Crippen LogP contribution in [0.3, 0.4) is 0 Å². The van der Waals surface area contributed by atoms with Gasteiger partial charge in [0.2, 0.25) is 0 Å². The van der Waals surface area contributed by atoms with Crippen LogP contribution in [0.15, 0.2) is 24.3 Å². The first-order valence-corrected chi connectivity index (χ1v) is 6.80. The van der Waals surface area contributed by atoms with Gasteiger partial charge < -0.3 is 15.0 Å². The van der Waals surface area contributed by atoms with Gasteiger partial charge in [0.15, 0.2) is 0 Å². The monoisotopic (exact) mass is 248 g/mol. The molecule has 1 unspecified atom stereocenters. The largest absolute Gasteiger partial charge is 0.381 e. The van der Waals surface area contributed by atoms with Gasteiger partial charge in [0, 0.05) is 39.5 Å². The Kier molecular flexibility index (Phi) is 5.02. The normalized spacial score (nSPS) is 19.1. The molecule has 0 bridgehead atoms. The maximum Gasteiger partial charge on any atom is 0.0495 e. The minimum atomic E-state index is 0.772. The summed E-state index contributed by atoms with van der Waals surface area (Å²) in [7, 11) is 4.13. The Labute approximate surface area is 110 Å². The van der Waals surface area contributed by atoms with Gasteiger partial charge in [-0.1, -0.05) is 12.1 Å². The molecule has 100 valence electrons. The molecule has 0 aromatic heterocycles. The number of benzene rings is 1. The molecule has 1 heterocycles. The van der Waals surface area contributed by atoms with Crippen molar-refractivity contribution in [3.05, 3.63) is 29.8 Å².